The maximum atomic E-state index is 12.9. The van der Waals surface area contributed by atoms with E-state index < -0.39 is 0 Å². The van der Waals surface area contributed by atoms with Crippen LogP contribution < -0.4 is 4.74 Å². The zero-order valence-corrected chi connectivity index (χ0v) is 18.4. The maximum absolute atomic E-state index is 12.9. The summed E-state index contributed by atoms with van der Waals surface area (Å²) in [6.45, 7) is 2.39. The maximum Gasteiger partial charge on any atom is 0.336 e. The fourth-order valence-corrected chi connectivity index (χ4v) is 6.86. The Morgan fingerprint density at radius 3 is 2.87 bits per heavy atom. The number of esters is 1. The number of fused-ring (bicyclic) bond motifs is 5. The Kier molecular flexibility index (Phi) is 4.91. The first-order chi connectivity index (χ1) is 14.5. The molecule has 3 aliphatic carbocycles. The molecule has 0 bridgehead atoms. The summed E-state index contributed by atoms with van der Waals surface area (Å²) in [4.78, 5) is 14.8. The molecule has 4 aliphatic rings. The van der Waals surface area contributed by atoms with Crippen molar-refractivity contribution in [2.24, 2.45) is 17.3 Å². The van der Waals surface area contributed by atoms with Crippen molar-refractivity contribution in [3.05, 3.63) is 53.4 Å². The van der Waals surface area contributed by atoms with Crippen molar-refractivity contribution in [1.82, 2.24) is 4.90 Å². The number of hydrogen-bond donors (Lipinski definition) is 0. The predicted molar refractivity (Wildman–Crippen MR) is 117 cm³/mol. The molecule has 5 rings (SSSR count). The zero-order chi connectivity index (χ0) is 20.9. The topological polar surface area (TPSA) is 38.8 Å². The van der Waals surface area contributed by atoms with Gasteiger partial charge in [0.15, 0.2) is 0 Å². The number of allylic oxidation sites excluding steroid dienone is 1. The quantitative estimate of drug-likeness (QED) is 0.646. The highest BCUT2D eigenvalue weighted by Gasteiger charge is 2.56. The summed E-state index contributed by atoms with van der Waals surface area (Å²) in [5, 5.41) is 0. The molecule has 1 aliphatic heterocycles. The van der Waals surface area contributed by atoms with Crippen LogP contribution in [-0.4, -0.2) is 31.1 Å². The summed E-state index contributed by atoms with van der Waals surface area (Å²) in [5.41, 5.74) is 3.89. The van der Waals surface area contributed by atoms with Gasteiger partial charge in [0.05, 0.1) is 12.7 Å². The van der Waals surface area contributed by atoms with E-state index in [0.29, 0.717) is 24.2 Å². The van der Waals surface area contributed by atoms with Crippen molar-refractivity contribution < 1.29 is 14.3 Å². The van der Waals surface area contributed by atoms with Crippen LogP contribution in [0.25, 0.3) is 0 Å². The molecule has 0 N–H and O–H groups in total. The van der Waals surface area contributed by atoms with E-state index in [0.717, 1.165) is 30.6 Å². The van der Waals surface area contributed by atoms with Crippen LogP contribution in [0.15, 0.2) is 42.2 Å². The van der Waals surface area contributed by atoms with Crippen LogP contribution in [0.5, 0.6) is 5.75 Å². The first kappa shape index (κ1) is 19.7. The van der Waals surface area contributed by atoms with Gasteiger partial charge in [-0.15, -0.1) is 0 Å². The third-order valence-corrected chi connectivity index (χ3v) is 8.40. The van der Waals surface area contributed by atoms with Gasteiger partial charge in [-0.2, -0.15) is 0 Å². The number of hydrogen-bond acceptors (Lipinski definition) is 4. The van der Waals surface area contributed by atoms with Crippen molar-refractivity contribution in [3.63, 3.8) is 0 Å². The molecule has 1 aromatic carbocycles. The Hall–Kier alpha value is -2.23. The van der Waals surface area contributed by atoms with E-state index in [4.69, 9.17) is 9.47 Å². The minimum absolute atomic E-state index is 0.0466. The lowest BCUT2D eigenvalue weighted by atomic mass is 9.55. The van der Waals surface area contributed by atoms with Crippen LogP contribution in [0.2, 0.25) is 0 Å². The lowest BCUT2D eigenvalue weighted by Gasteiger charge is -2.50. The third kappa shape index (κ3) is 3.16. The van der Waals surface area contributed by atoms with Gasteiger partial charge in [-0.3, -0.25) is 0 Å². The van der Waals surface area contributed by atoms with Crippen molar-refractivity contribution in [2.75, 3.05) is 14.2 Å². The van der Waals surface area contributed by atoms with Crippen LogP contribution in [0.1, 0.15) is 62.5 Å². The second kappa shape index (κ2) is 7.47. The lowest BCUT2D eigenvalue weighted by molar-refractivity contribution is -0.153. The summed E-state index contributed by atoms with van der Waals surface area (Å²) >= 11 is 0. The monoisotopic (exact) mass is 407 g/mol. The predicted octanol–water partition coefficient (Wildman–Crippen LogP) is 5.20. The van der Waals surface area contributed by atoms with E-state index in [1.54, 1.807) is 7.11 Å². The van der Waals surface area contributed by atoms with E-state index in [2.05, 4.69) is 25.1 Å². The molecule has 4 heteroatoms. The fourth-order valence-electron chi connectivity index (χ4n) is 6.86. The summed E-state index contributed by atoms with van der Waals surface area (Å²) in [7, 11) is 3.70. The van der Waals surface area contributed by atoms with E-state index in [1.807, 2.05) is 30.4 Å². The zero-order valence-electron chi connectivity index (χ0n) is 18.4. The minimum atomic E-state index is -0.124. The molecule has 2 fully saturated rings. The van der Waals surface area contributed by atoms with Gasteiger partial charge in [0.25, 0.3) is 0 Å². The number of carbonyl (C=O) groups is 1. The highest BCUT2D eigenvalue weighted by Crippen LogP contribution is 2.61. The number of rotatable bonds is 3. The molecular formula is C26H33NO3. The van der Waals surface area contributed by atoms with E-state index in [-0.39, 0.29) is 17.5 Å². The second-order valence-corrected chi connectivity index (χ2v) is 9.90. The summed E-state index contributed by atoms with van der Waals surface area (Å²) < 4.78 is 11.6. The smallest absolute Gasteiger partial charge is 0.336 e. The molecule has 30 heavy (non-hydrogen) atoms. The van der Waals surface area contributed by atoms with Crippen molar-refractivity contribution >= 4 is 5.97 Å². The van der Waals surface area contributed by atoms with E-state index in [1.165, 1.54) is 30.4 Å². The average molecular weight is 408 g/mol. The largest absolute Gasteiger partial charge is 0.497 e. The van der Waals surface area contributed by atoms with Crippen LogP contribution >= 0.6 is 0 Å². The Bertz CT molecular complexity index is 904. The third-order valence-electron chi connectivity index (χ3n) is 8.40. The normalized spacial score (nSPS) is 34.5. The molecule has 0 spiro atoms. The van der Waals surface area contributed by atoms with Crippen molar-refractivity contribution in [2.45, 2.75) is 63.9 Å². The summed E-state index contributed by atoms with van der Waals surface area (Å²) in [5.74, 6) is 2.84. The van der Waals surface area contributed by atoms with Gasteiger partial charge in [0.2, 0.25) is 0 Å². The van der Waals surface area contributed by atoms with E-state index >= 15 is 0 Å². The molecule has 2 saturated carbocycles. The van der Waals surface area contributed by atoms with Crippen LogP contribution in [-0.2, 0) is 16.0 Å². The number of nitrogens with zero attached hydrogens (tertiary/aromatic N) is 1. The molecule has 5 atom stereocenters. The van der Waals surface area contributed by atoms with Gasteiger partial charge in [-0.1, -0.05) is 19.1 Å². The molecule has 160 valence electrons. The molecule has 0 radical (unpaired) electrons. The number of methoxy groups -OCH3 is 1. The number of carbonyl (C=O) groups excluding carboxylic acids is 1. The van der Waals surface area contributed by atoms with Crippen molar-refractivity contribution in [1.29, 1.82) is 0 Å². The minimum Gasteiger partial charge on any atom is -0.497 e. The van der Waals surface area contributed by atoms with Gasteiger partial charge in [0.1, 0.15) is 11.9 Å². The Labute approximate surface area is 179 Å². The summed E-state index contributed by atoms with van der Waals surface area (Å²) in [6, 6.07) is 6.67. The van der Waals surface area contributed by atoms with Crippen LogP contribution in [0.4, 0.5) is 0 Å². The molecule has 1 unspecified atom stereocenters. The van der Waals surface area contributed by atoms with Crippen molar-refractivity contribution in [3.8, 4) is 5.75 Å². The van der Waals surface area contributed by atoms with Gasteiger partial charge in [-0.25, -0.2) is 4.79 Å². The molecule has 0 aromatic heterocycles. The summed E-state index contributed by atoms with van der Waals surface area (Å²) in [6.07, 6.45) is 13.5. The van der Waals surface area contributed by atoms with Gasteiger partial charge in [0, 0.05) is 25.1 Å². The number of ether oxygens (including phenoxy) is 2. The van der Waals surface area contributed by atoms with Gasteiger partial charge >= 0.3 is 5.97 Å². The average Bonchev–Trinajstić information content (AvgIpc) is 3.09. The second-order valence-electron chi connectivity index (χ2n) is 9.90. The first-order valence-corrected chi connectivity index (χ1v) is 11.5. The standard InChI is InChI=1S/C26H33NO3/c1-26-13-12-21-20-9-7-19(29-3)15-17(20)6-8-22(21)23(26)10-11-24(26)30-25(28)18-5-4-14-27(2)16-18/h4,7,9,14-16,21-24H,5-6,8,10-13H2,1-3H3/t21-,22-,23+,24?,26+/m1/s1. The van der Waals surface area contributed by atoms with Gasteiger partial charge < -0.3 is 14.4 Å². The molecule has 0 amide bonds. The highest BCUT2D eigenvalue weighted by molar-refractivity contribution is 5.89. The SMILES string of the molecule is COc1ccc2c(c1)CC[C@@H]1[C@@H]2CC[C@]2(C)C(OC(=O)C3=CN(C)C=CC3)CC[C@@H]12. The molecule has 1 heterocycles. The van der Waals surface area contributed by atoms with Crippen LogP contribution in [0, 0.1) is 17.3 Å². The molecule has 4 nitrogen and oxygen atoms in total. The van der Waals surface area contributed by atoms with Gasteiger partial charge in [-0.05, 0) is 85.7 Å². The molecule has 0 saturated heterocycles. The lowest BCUT2D eigenvalue weighted by Crippen LogP contribution is -2.45. The Morgan fingerprint density at radius 2 is 2.07 bits per heavy atom. The Morgan fingerprint density at radius 1 is 1.20 bits per heavy atom. The number of benzene rings is 1. The van der Waals surface area contributed by atoms with E-state index in [9.17, 15) is 4.79 Å². The Balaban J connectivity index is 1.33. The first-order valence-electron chi connectivity index (χ1n) is 11.5. The van der Waals surface area contributed by atoms with Crippen LogP contribution in [0.3, 0.4) is 0 Å². The number of aryl methyl sites for hydroxylation is 1. The fraction of sp³-hybridized carbons (Fsp3) is 0.577. The molecular weight excluding hydrogens is 374 g/mol. The highest BCUT2D eigenvalue weighted by atomic mass is 16.5. The molecule has 1 aromatic rings.